The van der Waals surface area contributed by atoms with Gasteiger partial charge in [-0.3, -0.25) is 9.59 Å². The number of nitrogens with two attached hydrogens (primary N) is 1. The number of amides is 2. The lowest BCUT2D eigenvalue weighted by atomic mass is 10.1. The molecule has 0 atom stereocenters. The number of ether oxygens (including phenoxy) is 1. The van der Waals surface area contributed by atoms with E-state index in [2.05, 4.69) is 39.1 Å². The molecule has 29 heavy (non-hydrogen) atoms. The van der Waals surface area contributed by atoms with Crippen LogP contribution in [0.4, 0.5) is 0 Å². The van der Waals surface area contributed by atoms with Crippen LogP contribution in [0.5, 0.6) is 0 Å². The van der Waals surface area contributed by atoms with Crippen LogP contribution in [0.25, 0.3) is 0 Å². The molecule has 0 unspecified atom stereocenters. The maximum Gasteiger partial charge on any atom is 0.329 e. The first-order valence-electron chi connectivity index (χ1n) is 9.12. The van der Waals surface area contributed by atoms with Gasteiger partial charge in [0.1, 0.15) is 13.2 Å². The van der Waals surface area contributed by atoms with Crippen molar-refractivity contribution in [2.24, 2.45) is 5.73 Å². The molecule has 8 nitrogen and oxygen atoms in total. The average molecular weight is 399 g/mol. The number of carbonyl (C=O) groups excluding carboxylic acids is 2. The second kappa shape index (κ2) is 14.7. The lowest BCUT2D eigenvalue weighted by Crippen LogP contribution is -2.28. The van der Waals surface area contributed by atoms with Gasteiger partial charge in [0.05, 0.1) is 13.1 Å². The number of nitrogens with one attached hydrogen (secondary N) is 2. The number of rotatable bonds is 10. The maximum atomic E-state index is 11.6. The summed E-state index contributed by atoms with van der Waals surface area (Å²) in [6, 6.07) is 7.27. The number of hydrogen-bond acceptors (Lipinski definition) is 5. The van der Waals surface area contributed by atoms with E-state index in [9.17, 15) is 14.4 Å². The van der Waals surface area contributed by atoms with Crippen molar-refractivity contribution in [2.75, 3.05) is 32.8 Å². The predicted molar refractivity (Wildman–Crippen MR) is 108 cm³/mol. The molecule has 0 aliphatic carbocycles. The van der Waals surface area contributed by atoms with Crippen LogP contribution < -0.4 is 16.4 Å². The smallest absolute Gasteiger partial charge is 0.329 e. The summed E-state index contributed by atoms with van der Waals surface area (Å²) < 4.78 is 4.67. The molecule has 5 N–H and O–H groups in total. The largest absolute Gasteiger partial charge is 0.480 e. The Labute approximate surface area is 170 Å². The first-order chi connectivity index (χ1) is 14.0. The highest BCUT2D eigenvalue weighted by Crippen LogP contribution is 2.02. The standard InChI is InChI=1S/C21H25N3O5/c22-11-2-1-10-19(25)23-12-4-8-17-6-3-7-18(14-17)9-5-13-24-20(26)15-29-16-21(27)28/h3,6-7,14H,1-2,10-13,15-16,22H2,(H,23,25)(H,24,26)(H,27,28). The highest BCUT2D eigenvalue weighted by atomic mass is 16.5. The van der Waals surface area contributed by atoms with Gasteiger partial charge >= 0.3 is 5.97 Å². The fraction of sp³-hybridized carbons (Fsp3) is 0.381. The minimum Gasteiger partial charge on any atom is -0.480 e. The SMILES string of the molecule is NCCCCC(=O)NCC#Cc1cccc(C#CCNC(=O)COCC(=O)O)c1. The van der Waals surface area contributed by atoms with Crippen molar-refractivity contribution in [1.82, 2.24) is 10.6 Å². The number of aliphatic carboxylic acids is 1. The molecule has 0 aromatic heterocycles. The van der Waals surface area contributed by atoms with Gasteiger partial charge in [0.2, 0.25) is 11.8 Å². The van der Waals surface area contributed by atoms with Crippen molar-refractivity contribution in [3.05, 3.63) is 35.4 Å². The van der Waals surface area contributed by atoms with Gasteiger partial charge in [-0.15, -0.1) is 0 Å². The van der Waals surface area contributed by atoms with Gasteiger partial charge in [0.15, 0.2) is 0 Å². The van der Waals surface area contributed by atoms with E-state index in [1.807, 2.05) is 18.2 Å². The molecule has 0 radical (unpaired) electrons. The highest BCUT2D eigenvalue weighted by molar-refractivity contribution is 5.78. The topological polar surface area (TPSA) is 131 Å². The minimum absolute atomic E-state index is 0.0391. The normalized spacial score (nSPS) is 9.41. The van der Waals surface area contributed by atoms with Crippen molar-refractivity contribution in [3.8, 4) is 23.7 Å². The molecule has 0 saturated carbocycles. The number of unbranched alkanes of at least 4 members (excludes halogenated alkanes) is 1. The van der Waals surface area contributed by atoms with Gasteiger partial charge in [-0.2, -0.15) is 0 Å². The van der Waals surface area contributed by atoms with Crippen LogP contribution in [0.15, 0.2) is 24.3 Å². The molecule has 0 aliphatic rings. The van der Waals surface area contributed by atoms with Gasteiger partial charge < -0.3 is 26.2 Å². The number of benzene rings is 1. The summed E-state index contributed by atoms with van der Waals surface area (Å²) in [6.45, 7) is 0.113. The van der Waals surface area contributed by atoms with Crippen LogP contribution in [0, 0.1) is 23.7 Å². The molecule has 0 heterocycles. The Balaban J connectivity index is 2.38. The van der Waals surface area contributed by atoms with Crippen molar-refractivity contribution < 1.29 is 24.2 Å². The van der Waals surface area contributed by atoms with Gasteiger partial charge in [-0.1, -0.05) is 29.7 Å². The number of carbonyl (C=O) groups is 3. The first kappa shape index (κ1) is 23.7. The Morgan fingerprint density at radius 2 is 1.59 bits per heavy atom. The molecule has 1 aromatic rings. The number of hydrogen-bond donors (Lipinski definition) is 4. The number of carboxylic acid groups (broad SMARTS) is 1. The molecular weight excluding hydrogens is 374 g/mol. The first-order valence-corrected chi connectivity index (χ1v) is 9.12. The van der Waals surface area contributed by atoms with Crippen molar-refractivity contribution in [1.29, 1.82) is 0 Å². The van der Waals surface area contributed by atoms with E-state index in [1.165, 1.54) is 0 Å². The van der Waals surface area contributed by atoms with Gasteiger partial charge in [-0.05, 0) is 37.6 Å². The third kappa shape index (κ3) is 12.6. The molecule has 8 heteroatoms. The summed E-state index contributed by atoms with van der Waals surface area (Å²) in [5, 5.41) is 13.7. The van der Waals surface area contributed by atoms with E-state index >= 15 is 0 Å². The molecule has 0 saturated heterocycles. The van der Waals surface area contributed by atoms with Gasteiger partial charge in [-0.25, -0.2) is 4.79 Å². The molecule has 0 aliphatic heterocycles. The highest BCUT2D eigenvalue weighted by Gasteiger charge is 2.02. The van der Waals surface area contributed by atoms with E-state index < -0.39 is 18.5 Å². The van der Waals surface area contributed by atoms with Crippen LogP contribution in [0.1, 0.15) is 30.4 Å². The summed E-state index contributed by atoms with van der Waals surface area (Å²) in [4.78, 5) is 33.2. The summed E-state index contributed by atoms with van der Waals surface area (Å²) in [7, 11) is 0. The van der Waals surface area contributed by atoms with Crippen LogP contribution in [-0.4, -0.2) is 55.7 Å². The Morgan fingerprint density at radius 3 is 2.17 bits per heavy atom. The van der Waals surface area contributed by atoms with Crippen LogP contribution in [0.2, 0.25) is 0 Å². The van der Waals surface area contributed by atoms with Crippen molar-refractivity contribution in [3.63, 3.8) is 0 Å². The average Bonchev–Trinajstić information content (AvgIpc) is 2.69. The Morgan fingerprint density at radius 1 is 0.966 bits per heavy atom. The second-order valence-corrected chi connectivity index (χ2v) is 5.87. The molecule has 2 amide bonds. The second-order valence-electron chi connectivity index (χ2n) is 5.87. The van der Waals surface area contributed by atoms with E-state index in [4.69, 9.17) is 10.8 Å². The van der Waals surface area contributed by atoms with E-state index in [0.717, 1.165) is 24.0 Å². The summed E-state index contributed by atoms with van der Waals surface area (Å²) in [6.07, 6.45) is 2.05. The fourth-order valence-corrected chi connectivity index (χ4v) is 2.05. The molecule has 0 fully saturated rings. The third-order valence-corrected chi connectivity index (χ3v) is 3.39. The van der Waals surface area contributed by atoms with Gasteiger partial charge in [0, 0.05) is 17.5 Å². The van der Waals surface area contributed by atoms with Crippen LogP contribution in [0.3, 0.4) is 0 Å². The lowest BCUT2D eigenvalue weighted by Gasteiger charge is -2.00. The monoisotopic (exact) mass is 399 g/mol. The maximum absolute atomic E-state index is 11.6. The fourth-order valence-electron chi connectivity index (χ4n) is 2.05. The van der Waals surface area contributed by atoms with Crippen molar-refractivity contribution in [2.45, 2.75) is 19.3 Å². The van der Waals surface area contributed by atoms with Crippen molar-refractivity contribution >= 4 is 17.8 Å². The minimum atomic E-state index is -1.13. The summed E-state index contributed by atoms with van der Waals surface area (Å²) in [5.74, 6) is 9.94. The summed E-state index contributed by atoms with van der Waals surface area (Å²) in [5.41, 5.74) is 6.89. The molecule has 1 aromatic carbocycles. The molecular formula is C21H25N3O5. The lowest BCUT2D eigenvalue weighted by molar-refractivity contribution is -0.143. The van der Waals surface area contributed by atoms with E-state index in [-0.39, 0.29) is 25.6 Å². The summed E-state index contributed by atoms with van der Waals surface area (Å²) >= 11 is 0. The number of carboxylic acids is 1. The zero-order chi connectivity index (χ0) is 21.3. The molecule has 0 bridgehead atoms. The molecule has 1 rings (SSSR count). The zero-order valence-electron chi connectivity index (χ0n) is 16.1. The quantitative estimate of drug-likeness (QED) is 0.320. The molecule has 154 valence electrons. The van der Waals surface area contributed by atoms with Gasteiger partial charge in [0.25, 0.3) is 0 Å². The van der Waals surface area contributed by atoms with Crippen LogP contribution >= 0.6 is 0 Å². The Bertz CT molecular complexity index is 815. The zero-order valence-corrected chi connectivity index (χ0v) is 16.1. The molecule has 0 spiro atoms. The Kier molecular flexibility index (Phi) is 12.0. The van der Waals surface area contributed by atoms with E-state index in [1.54, 1.807) is 6.07 Å². The Hall–Kier alpha value is -3.33. The van der Waals surface area contributed by atoms with Crippen LogP contribution in [-0.2, 0) is 19.1 Å². The van der Waals surface area contributed by atoms with E-state index in [0.29, 0.717) is 13.0 Å². The predicted octanol–water partition coefficient (Wildman–Crippen LogP) is -0.148. The third-order valence-electron chi connectivity index (χ3n) is 3.39.